The number of para-hydroxylation sites is 2. The predicted octanol–water partition coefficient (Wildman–Crippen LogP) is 1.52. The van der Waals surface area contributed by atoms with Crippen molar-refractivity contribution in [2.24, 2.45) is 11.5 Å². The van der Waals surface area contributed by atoms with E-state index in [0.29, 0.717) is 42.6 Å². The van der Waals surface area contributed by atoms with Gasteiger partial charge in [-0.1, -0.05) is 78.7 Å². The number of rotatable bonds is 11. The Morgan fingerprint density at radius 2 is 1.40 bits per heavy atom. The molecule has 0 spiro atoms. The topological polar surface area (TPSA) is 285 Å². The Kier molecular flexibility index (Phi) is 17.2. The lowest BCUT2D eigenvalue weighted by Gasteiger charge is -2.29. The predicted molar refractivity (Wildman–Crippen MR) is 255 cm³/mol. The summed E-state index contributed by atoms with van der Waals surface area (Å²) in [6, 6.07) is 19.9. The maximum Gasteiger partial charge on any atom is 0.337 e. The molecule has 0 radical (unpaired) electrons. The molecule has 12 N–H and O–H groups in total. The van der Waals surface area contributed by atoms with Crippen molar-refractivity contribution in [3.63, 3.8) is 0 Å². The van der Waals surface area contributed by atoms with Crippen LogP contribution in [-0.2, 0) is 43.4 Å². The molecular formula is C48H57N13O7. The van der Waals surface area contributed by atoms with E-state index in [1.807, 2.05) is 54.6 Å². The van der Waals surface area contributed by atoms with Crippen LogP contribution in [0.4, 0.5) is 9.59 Å². The maximum absolute atomic E-state index is 14.5. The third-order valence-electron chi connectivity index (χ3n) is 11.2. The van der Waals surface area contributed by atoms with Crippen molar-refractivity contribution in [2.75, 3.05) is 26.2 Å². The van der Waals surface area contributed by atoms with Crippen LogP contribution < -0.4 is 43.6 Å². The van der Waals surface area contributed by atoms with Gasteiger partial charge >= 0.3 is 12.1 Å². The molecule has 0 saturated heterocycles. The quantitative estimate of drug-likeness (QED) is 0.0678. The molecule has 0 saturated carbocycles. The Hall–Kier alpha value is -8.31. The number of carbonyl (C=O) groups is 7. The minimum atomic E-state index is -1.32. The normalized spacial score (nSPS) is 19.6. The van der Waals surface area contributed by atoms with Crippen LogP contribution in [0.15, 0.2) is 104 Å². The van der Waals surface area contributed by atoms with Crippen molar-refractivity contribution in [1.29, 1.82) is 0 Å². The Labute approximate surface area is 392 Å². The van der Waals surface area contributed by atoms with Gasteiger partial charge in [0.1, 0.15) is 30.7 Å². The molecule has 6 rings (SSSR count). The number of benzene rings is 3. The van der Waals surface area contributed by atoms with Gasteiger partial charge in [0.15, 0.2) is 0 Å². The molecule has 356 valence electrons. The van der Waals surface area contributed by atoms with Crippen molar-refractivity contribution in [2.45, 2.75) is 69.7 Å². The lowest BCUT2D eigenvalue weighted by atomic mass is 10.0. The molecule has 3 aromatic carbocycles. The van der Waals surface area contributed by atoms with Crippen molar-refractivity contribution in [3.05, 3.63) is 121 Å². The van der Waals surface area contributed by atoms with Crippen LogP contribution in [0.3, 0.4) is 0 Å². The number of aromatic nitrogens is 2. The highest BCUT2D eigenvalue weighted by Gasteiger charge is 2.32. The molecule has 1 aliphatic rings. The smallest absolute Gasteiger partial charge is 0.337 e. The third kappa shape index (κ3) is 13.4. The monoisotopic (exact) mass is 927 g/mol. The highest BCUT2D eigenvalue weighted by molar-refractivity contribution is 5.95. The third-order valence-corrected chi connectivity index (χ3v) is 11.2. The number of nitrogens with zero attached hydrogens (tertiary/aromatic N) is 3. The van der Waals surface area contributed by atoms with Crippen LogP contribution in [0.5, 0.6) is 0 Å². The van der Waals surface area contributed by atoms with Gasteiger partial charge in [-0.3, -0.25) is 34.8 Å². The summed E-state index contributed by atoms with van der Waals surface area (Å²) in [7, 11) is 0. The van der Waals surface area contributed by atoms with Crippen LogP contribution in [0, 0.1) is 12.0 Å². The number of primary amides is 1. The molecule has 4 atom stereocenters. The molecule has 0 bridgehead atoms. The number of hydrogen-bond donors (Lipinski definition) is 10. The lowest BCUT2D eigenvalue weighted by Crippen LogP contribution is -2.61. The SMILES string of the molecule is C=CCN1C#CCN(NC(=O)CN)C(=O)N[C@H](Cc2c[nH]c3ccccc23)C(=O)N[C@@H](C)C(=O)NN(Cc2c[nH]c3ccccc23)C(=O)N[C@H](Cc2ccccc2)C(=O)N[C@H](C(N)=O)CCCC1. The summed E-state index contributed by atoms with van der Waals surface area (Å²) in [5.74, 6) is -0.881. The van der Waals surface area contributed by atoms with Gasteiger partial charge in [-0.2, -0.15) is 0 Å². The molecule has 5 aromatic rings. The summed E-state index contributed by atoms with van der Waals surface area (Å²) in [6.45, 7) is 4.93. The number of fused-ring (bicyclic) bond motifs is 2. The van der Waals surface area contributed by atoms with Crippen molar-refractivity contribution in [1.82, 2.24) is 57.0 Å². The lowest BCUT2D eigenvalue weighted by molar-refractivity contribution is -0.131. The van der Waals surface area contributed by atoms with E-state index in [2.05, 4.69) is 60.6 Å². The fraction of sp³-hybridized carbons (Fsp3) is 0.312. The van der Waals surface area contributed by atoms with Crippen LogP contribution in [0.2, 0.25) is 0 Å². The van der Waals surface area contributed by atoms with Gasteiger partial charge in [0.05, 0.1) is 13.1 Å². The minimum absolute atomic E-state index is 0.0112. The van der Waals surface area contributed by atoms with Crippen LogP contribution in [-0.4, -0.2) is 117 Å². The van der Waals surface area contributed by atoms with Crippen molar-refractivity contribution >= 4 is 63.4 Å². The molecule has 0 fully saturated rings. The van der Waals surface area contributed by atoms with Gasteiger partial charge in [0, 0.05) is 66.2 Å². The fourth-order valence-electron chi connectivity index (χ4n) is 7.59. The molecule has 68 heavy (non-hydrogen) atoms. The van der Waals surface area contributed by atoms with E-state index in [1.54, 1.807) is 47.6 Å². The summed E-state index contributed by atoms with van der Waals surface area (Å²) in [6.07, 6.45) is 6.06. The van der Waals surface area contributed by atoms with Crippen LogP contribution >= 0.6 is 0 Å². The first-order valence-electron chi connectivity index (χ1n) is 22.2. The molecule has 20 nitrogen and oxygen atoms in total. The summed E-state index contributed by atoms with van der Waals surface area (Å²) in [5.41, 5.74) is 20.0. The second-order valence-electron chi connectivity index (χ2n) is 16.2. The van der Waals surface area contributed by atoms with E-state index < -0.39 is 72.3 Å². The molecule has 1 aliphatic heterocycles. The van der Waals surface area contributed by atoms with Crippen molar-refractivity contribution < 1.29 is 33.6 Å². The average molecular weight is 928 g/mol. The summed E-state index contributed by atoms with van der Waals surface area (Å²) in [5, 5.41) is 14.3. The number of carbonyl (C=O) groups excluding carboxylic acids is 7. The zero-order valence-electron chi connectivity index (χ0n) is 37.7. The van der Waals surface area contributed by atoms with Crippen LogP contribution in [0.25, 0.3) is 21.8 Å². The Balaban J connectivity index is 1.36. The number of nitrogens with one attached hydrogen (secondary N) is 8. The number of aromatic amines is 2. The number of amides is 9. The Morgan fingerprint density at radius 3 is 2.07 bits per heavy atom. The number of H-pyrrole nitrogens is 2. The molecule has 0 aliphatic carbocycles. The van der Waals surface area contributed by atoms with Gasteiger partial charge in [-0.05, 0) is 55.0 Å². The van der Waals surface area contributed by atoms with E-state index in [1.165, 1.54) is 6.92 Å². The van der Waals surface area contributed by atoms with Gasteiger partial charge in [0.2, 0.25) is 17.7 Å². The van der Waals surface area contributed by atoms with Gasteiger partial charge in [-0.25, -0.2) is 19.6 Å². The van der Waals surface area contributed by atoms with E-state index >= 15 is 0 Å². The summed E-state index contributed by atoms with van der Waals surface area (Å²) in [4.78, 5) is 104. The van der Waals surface area contributed by atoms with Gasteiger partial charge in [-0.15, -0.1) is 6.58 Å². The van der Waals surface area contributed by atoms with Gasteiger partial charge < -0.3 is 47.6 Å². The molecule has 20 heteroatoms. The largest absolute Gasteiger partial charge is 0.368 e. The zero-order valence-corrected chi connectivity index (χ0v) is 37.7. The number of hydrogen-bond acceptors (Lipinski definition) is 9. The van der Waals surface area contributed by atoms with E-state index in [9.17, 15) is 33.6 Å². The zero-order chi connectivity index (χ0) is 48.6. The first kappa shape index (κ1) is 49.1. The maximum atomic E-state index is 14.5. The molecule has 2 aromatic heterocycles. The first-order valence-corrected chi connectivity index (χ1v) is 22.2. The Morgan fingerprint density at radius 1 is 0.779 bits per heavy atom. The summed E-state index contributed by atoms with van der Waals surface area (Å²) >= 11 is 0. The van der Waals surface area contributed by atoms with E-state index in [0.717, 1.165) is 31.8 Å². The number of hydrazine groups is 2. The molecule has 0 unspecified atom stereocenters. The minimum Gasteiger partial charge on any atom is -0.368 e. The first-order chi connectivity index (χ1) is 32.8. The molecule has 9 amide bonds. The highest BCUT2D eigenvalue weighted by atomic mass is 16.2. The highest BCUT2D eigenvalue weighted by Crippen LogP contribution is 2.21. The average Bonchev–Trinajstić information content (AvgIpc) is 3.94. The second-order valence-corrected chi connectivity index (χ2v) is 16.2. The molecule has 3 heterocycles. The Bertz CT molecular complexity index is 2670. The fourth-order valence-corrected chi connectivity index (χ4v) is 7.59. The summed E-state index contributed by atoms with van der Waals surface area (Å²) < 4.78 is 0. The van der Waals surface area contributed by atoms with Crippen LogP contribution in [0.1, 0.15) is 42.9 Å². The number of nitrogens with two attached hydrogens (primary N) is 2. The van der Waals surface area contributed by atoms with E-state index in [4.69, 9.17) is 11.5 Å². The van der Waals surface area contributed by atoms with Crippen molar-refractivity contribution in [3.8, 4) is 12.0 Å². The van der Waals surface area contributed by atoms with Gasteiger partial charge in [0.25, 0.3) is 11.8 Å². The number of urea groups is 2. The standard InChI is InChI=1S/C48H57N13O7/c1-3-21-59-22-12-11-20-39(43(50)63)54-46(66)40(25-32-14-5-4-6-15-32)55-48(68)61(30-34-29-52-38-19-10-8-17-36(34)38)58-44(64)31(2)53-45(65)41(26-33-28-51-37-18-9-7-16-35(33)37)56-47(67)60(24-13-23-59)57-42(62)27-49/h3-10,14-19,28-29,31,39-41,51-52H,1,11-12,20-22,24-27,30,49H2,2H3,(H2,50,63)(H,53,65)(H,54,66)(H,55,68)(H,56,67)(H,57,62)(H,58,64)/t31-,39-,40+,41+/m0/s1. The van der Waals surface area contributed by atoms with E-state index in [-0.39, 0.29) is 32.4 Å². The second kappa shape index (κ2) is 23.7. The molecular weight excluding hydrogens is 871 g/mol.